The van der Waals surface area contributed by atoms with Crippen LogP contribution in [0.15, 0.2) is 24.3 Å². The number of carbonyl (C=O) groups is 1. The van der Waals surface area contributed by atoms with Crippen molar-refractivity contribution < 1.29 is 9.18 Å². The molecule has 0 bridgehead atoms. The topological polar surface area (TPSA) is 49.6 Å². The predicted octanol–water partition coefficient (Wildman–Crippen LogP) is 1.99. The second-order valence-corrected chi connectivity index (χ2v) is 5.49. The molecule has 116 valence electrons. The molecule has 0 radical (unpaired) electrons. The molecule has 0 unspecified atom stereocenters. The number of carbonyl (C=O) groups excluding carboxylic acids is 1. The van der Waals surface area contributed by atoms with E-state index in [-0.39, 0.29) is 11.7 Å². The Bertz CT molecular complexity index is 461. The van der Waals surface area contributed by atoms with E-state index in [1.54, 1.807) is 6.07 Å². The van der Waals surface area contributed by atoms with Crippen LogP contribution in [0.25, 0.3) is 0 Å². The van der Waals surface area contributed by atoms with Crippen molar-refractivity contribution in [3.05, 3.63) is 30.1 Å². The third kappa shape index (κ3) is 4.70. The van der Waals surface area contributed by atoms with E-state index in [1.807, 2.05) is 15.9 Å². The number of rotatable bonds is 6. The van der Waals surface area contributed by atoms with Crippen molar-refractivity contribution in [2.45, 2.75) is 25.7 Å². The maximum absolute atomic E-state index is 13.4. The number of benzene rings is 1. The molecule has 0 atom stereocenters. The van der Waals surface area contributed by atoms with Crippen molar-refractivity contribution in [2.75, 3.05) is 37.6 Å². The lowest BCUT2D eigenvalue weighted by Crippen LogP contribution is -2.43. The maximum Gasteiger partial charge on any atom is 0.242 e. The lowest BCUT2D eigenvalue weighted by Gasteiger charge is -2.31. The van der Waals surface area contributed by atoms with Gasteiger partial charge < -0.3 is 15.5 Å². The Hall–Kier alpha value is -1.62. The van der Waals surface area contributed by atoms with E-state index in [1.165, 1.54) is 18.6 Å². The zero-order valence-corrected chi connectivity index (χ0v) is 12.4. The Morgan fingerprint density at radius 1 is 1.29 bits per heavy atom. The summed E-state index contributed by atoms with van der Waals surface area (Å²) in [6.07, 6.45) is 4.14. The van der Waals surface area contributed by atoms with Gasteiger partial charge in [0.1, 0.15) is 5.82 Å². The quantitative estimate of drug-likeness (QED) is 0.872. The molecule has 1 heterocycles. The van der Waals surface area contributed by atoms with Crippen LogP contribution >= 0.6 is 0 Å². The molecule has 4 nitrogen and oxygen atoms in total. The summed E-state index contributed by atoms with van der Waals surface area (Å²) in [5, 5.41) is 0. The molecule has 21 heavy (non-hydrogen) atoms. The summed E-state index contributed by atoms with van der Waals surface area (Å²) >= 11 is 0. The van der Waals surface area contributed by atoms with E-state index >= 15 is 0 Å². The van der Waals surface area contributed by atoms with Gasteiger partial charge in [-0.2, -0.15) is 0 Å². The van der Waals surface area contributed by atoms with E-state index < -0.39 is 0 Å². The summed E-state index contributed by atoms with van der Waals surface area (Å²) in [6.45, 7) is 3.20. The third-order valence-electron chi connectivity index (χ3n) is 3.84. The summed E-state index contributed by atoms with van der Waals surface area (Å²) in [5.74, 6) is -0.161. The van der Waals surface area contributed by atoms with Crippen LogP contribution in [-0.4, -0.2) is 43.5 Å². The zero-order valence-electron chi connectivity index (χ0n) is 12.4. The van der Waals surface area contributed by atoms with Crippen molar-refractivity contribution in [1.82, 2.24) is 4.90 Å². The third-order valence-corrected chi connectivity index (χ3v) is 3.84. The van der Waals surface area contributed by atoms with Crippen LogP contribution in [0, 0.1) is 5.82 Å². The Morgan fingerprint density at radius 2 is 2.05 bits per heavy atom. The Morgan fingerprint density at radius 3 is 2.71 bits per heavy atom. The monoisotopic (exact) mass is 293 g/mol. The van der Waals surface area contributed by atoms with E-state index in [4.69, 9.17) is 5.73 Å². The van der Waals surface area contributed by atoms with Gasteiger partial charge in [0.05, 0.1) is 6.54 Å². The number of anilines is 1. The molecule has 1 amide bonds. The van der Waals surface area contributed by atoms with E-state index in [2.05, 4.69) is 0 Å². The van der Waals surface area contributed by atoms with Gasteiger partial charge in [-0.05, 0) is 50.4 Å². The highest BCUT2D eigenvalue weighted by molar-refractivity contribution is 5.81. The van der Waals surface area contributed by atoms with E-state index in [0.717, 1.165) is 38.0 Å². The Labute approximate surface area is 125 Å². The molecule has 0 aromatic heterocycles. The first-order valence-corrected chi connectivity index (χ1v) is 7.69. The van der Waals surface area contributed by atoms with Crippen LogP contribution in [0.5, 0.6) is 0 Å². The van der Waals surface area contributed by atoms with Crippen molar-refractivity contribution >= 4 is 11.6 Å². The molecule has 1 aromatic carbocycles. The van der Waals surface area contributed by atoms with Crippen LogP contribution in [0.4, 0.5) is 10.1 Å². The summed E-state index contributed by atoms with van der Waals surface area (Å²) in [4.78, 5) is 16.2. The van der Waals surface area contributed by atoms with Gasteiger partial charge in [-0.3, -0.25) is 4.79 Å². The van der Waals surface area contributed by atoms with Crippen molar-refractivity contribution in [1.29, 1.82) is 0 Å². The van der Waals surface area contributed by atoms with Gasteiger partial charge >= 0.3 is 0 Å². The largest absolute Gasteiger partial charge is 0.362 e. The Kier molecular flexibility index (Phi) is 5.99. The zero-order chi connectivity index (χ0) is 15.1. The number of amides is 1. The number of piperidine rings is 1. The SMILES string of the molecule is NCCCN(CC(=O)N1CCCCC1)c1cccc(F)c1. The average molecular weight is 293 g/mol. The normalized spacial score (nSPS) is 15.0. The number of nitrogens with two attached hydrogens (primary N) is 1. The molecule has 1 saturated heterocycles. The maximum atomic E-state index is 13.4. The molecule has 1 fully saturated rings. The molecule has 1 aliphatic rings. The molecule has 1 aliphatic heterocycles. The molecule has 0 spiro atoms. The predicted molar refractivity (Wildman–Crippen MR) is 82.7 cm³/mol. The number of halogens is 1. The molecular weight excluding hydrogens is 269 g/mol. The van der Waals surface area contributed by atoms with Gasteiger partial charge in [0.15, 0.2) is 0 Å². The van der Waals surface area contributed by atoms with Gasteiger partial charge in [-0.15, -0.1) is 0 Å². The fraction of sp³-hybridized carbons (Fsp3) is 0.562. The summed E-state index contributed by atoms with van der Waals surface area (Å²) in [7, 11) is 0. The second-order valence-electron chi connectivity index (χ2n) is 5.49. The summed E-state index contributed by atoms with van der Waals surface area (Å²) in [5.41, 5.74) is 6.31. The van der Waals surface area contributed by atoms with Crippen molar-refractivity contribution in [3.8, 4) is 0 Å². The van der Waals surface area contributed by atoms with E-state index in [9.17, 15) is 9.18 Å². The minimum absolute atomic E-state index is 0.121. The fourth-order valence-corrected chi connectivity index (χ4v) is 2.66. The minimum atomic E-state index is -0.282. The first-order valence-electron chi connectivity index (χ1n) is 7.69. The number of hydrogen-bond acceptors (Lipinski definition) is 3. The number of nitrogens with zero attached hydrogens (tertiary/aromatic N) is 2. The highest BCUT2D eigenvalue weighted by Crippen LogP contribution is 2.17. The van der Waals surface area contributed by atoms with Crippen LogP contribution in [0.2, 0.25) is 0 Å². The molecule has 2 rings (SSSR count). The molecule has 1 aromatic rings. The lowest BCUT2D eigenvalue weighted by molar-refractivity contribution is -0.130. The fourth-order valence-electron chi connectivity index (χ4n) is 2.66. The van der Waals surface area contributed by atoms with Crippen LogP contribution in [-0.2, 0) is 4.79 Å². The van der Waals surface area contributed by atoms with Crippen molar-refractivity contribution in [3.63, 3.8) is 0 Å². The van der Waals surface area contributed by atoms with Crippen LogP contribution in [0.1, 0.15) is 25.7 Å². The number of hydrogen-bond donors (Lipinski definition) is 1. The first-order chi connectivity index (χ1) is 10.2. The lowest BCUT2D eigenvalue weighted by atomic mass is 10.1. The van der Waals surface area contributed by atoms with Gasteiger partial charge in [0.2, 0.25) is 5.91 Å². The van der Waals surface area contributed by atoms with Gasteiger partial charge in [0, 0.05) is 25.3 Å². The molecule has 0 saturated carbocycles. The average Bonchev–Trinajstić information content (AvgIpc) is 2.52. The van der Waals surface area contributed by atoms with Gasteiger partial charge in [-0.1, -0.05) is 6.07 Å². The second kappa shape index (κ2) is 7.98. The summed E-state index contributed by atoms with van der Waals surface area (Å²) in [6, 6.07) is 6.39. The smallest absolute Gasteiger partial charge is 0.242 e. The van der Waals surface area contributed by atoms with Crippen molar-refractivity contribution in [2.24, 2.45) is 5.73 Å². The van der Waals surface area contributed by atoms with E-state index in [0.29, 0.717) is 19.6 Å². The highest BCUT2D eigenvalue weighted by Gasteiger charge is 2.19. The minimum Gasteiger partial charge on any atom is -0.362 e. The summed E-state index contributed by atoms with van der Waals surface area (Å²) < 4.78 is 13.4. The van der Waals surface area contributed by atoms with Gasteiger partial charge in [-0.25, -0.2) is 4.39 Å². The number of likely N-dealkylation sites (tertiary alicyclic amines) is 1. The molecular formula is C16H24FN3O. The van der Waals surface area contributed by atoms with Gasteiger partial charge in [0.25, 0.3) is 0 Å². The molecule has 5 heteroatoms. The van der Waals surface area contributed by atoms with Crippen LogP contribution in [0.3, 0.4) is 0 Å². The first kappa shape index (κ1) is 15.8. The molecule has 0 aliphatic carbocycles. The highest BCUT2D eigenvalue weighted by atomic mass is 19.1. The standard InChI is InChI=1S/C16H24FN3O/c17-14-6-4-7-15(12-14)20(11-5-8-18)13-16(21)19-9-2-1-3-10-19/h4,6-7,12H,1-3,5,8-11,13,18H2. The Balaban J connectivity index is 2.03. The van der Waals surface area contributed by atoms with Crippen LogP contribution < -0.4 is 10.6 Å². The molecule has 2 N–H and O–H groups in total.